The second-order valence-corrected chi connectivity index (χ2v) is 5.11. The highest BCUT2D eigenvalue weighted by Gasteiger charge is 1.98. The molecule has 0 saturated heterocycles. The molecular formula is C16H23N3OS. The molecule has 0 atom stereocenters. The molecule has 1 aromatic carbocycles. The summed E-state index contributed by atoms with van der Waals surface area (Å²) in [5, 5.41) is 8.62. The Labute approximate surface area is 130 Å². The lowest BCUT2D eigenvalue weighted by Gasteiger charge is -1.80. The van der Waals surface area contributed by atoms with Crippen LogP contribution in [0.5, 0.6) is 0 Å². The van der Waals surface area contributed by atoms with E-state index < -0.39 is 0 Å². The van der Waals surface area contributed by atoms with Gasteiger partial charge in [-0.1, -0.05) is 39.8 Å². The number of hydrogen-bond acceptors (Lipinski definition) is 5. The van der Waals surface area contributed by atoms with Crippen LogP contribution in [0.25, 0.3) is 10.2 Å². The Balaban J connectivity index is 0.000000196. The van der Waals surface area contributed by atoms with Gasteiger partial charge in [0.25, 0.3) is 0 Å². The average Bonchev–Trinajstić information content (AvgIpc) is 3.15. The zero-order valence-corrected chi connectivity index (χ0v) is 14.2. The van der Waals surface area contributed by atoms with E-state index >= 15 is 0 Å². The molecule has 21 heavy (non-hydrogen) atoms. The van der Waals surface area contributed by atoms with Crippen LogP contribution in [0.15, 0.2) is 28.7 Å². The molecule has 0 fully saturated rings. The van der Waals surface area contributed by atoms with Crippen LogP contribution in [0.3, 0.4) is 0 Å². The van der Waals surface area contributed by atoms with Gasteiger partial charge in [-0.05, 0) is 18.6 Å². The molecule has 0 radical (unpaired) electrons. The van der Waals surface area contributed by atoms with Crippen LogP contribution in [0.1, 0.15) is 44.5 Å². The monoisotopic (exact) mass is 305 g/mol. The first kappa shape index (κ1) is 17.3. The molecule has 0 aliphatic carbocycles. The minimum atomic E-state index is 0.641. The summed E-state index contributed by atoms with van der Waals surface area (Å²) in [6.07, 6.45) is 1.86. The lowest BCUT2D eigenvalue weighted by Crippen LogP contribution is -1.76. The van der Waals surface area contributed by atoms with Crippen molar-refractivity contribution in [2.75, 3.05) is 0 Å². The Morgan fingerprint density at radius 3 is 2.24 bits per heavy atom. The van der Waals surface area contributed by atoms with E-state index in [1.165, 1.54) is 9.71 Å². The predicted molar refractivity (Wildman–Crippen MR) is 88.8 cm³/mol. The maximum atomic E-state index is 5.01. The fourth-order valence-electron chi connectivity index (χ4n) is 1.55. The van der Waals surface area contributed by atoms with Gasteiger partial charge in [0, 0.05) is 13.3 Å². The smallest absolute Gasteiger partial charge is 0.216 e. The van der Waals surface area contributed by atoms with Gasteiger partial charge in [0.1, 0.15) is 0 Å². The van der Waals surface area contributed by atoms with E-state index in [-0.39, 0.29) is 0 Å². The second-order valence-electron chi connectivity index (χ2n) is 4.00. The van der Waals surface area contributed by atoms with Crippen LogP contribution in [0.2, 0.25) is 0 Å². The Hall–Kier alpha value is -1.75. The average molecular weight is 305 g/mol. The molecule has 3 aromatic rings. The third kappa shape index (κ3) is 5.27. The lowest BCUT2D eigenvalue weighted by atomic mass is 10.3. The number of thiazole rings is 1. The van der Waals surface area contributed by atoms with Gasteiger partial charge in [-0.25, -0.2) is 4.98 Å². The molecule has 5 heteroatoms. The normalized spacial score (nSPS) is 9.57. The Kier molecular flexibility index (Phi) is 7.61. The maximum absolute atomic E-state index is 5.01. The van der Waals surface area contributed by atoms with E-state index in [0.29, 0.717) is 11.8 Å². The molecule has 4 nitrogen and oxygen atoms in total. The van der Waals surface area contributed by atoms with Gasteiger partial charge in [-0.3, -0.25) is 0 Å². The van der Waals surface area contributed by atoms with Crippen molar-refractivity contribution in [1.29, 1.82) is 0 Å². The second kappa shape index (κ2) is 9.23. The first-order valence-electron chi connectivity index (χ1n) is 7.36. The van der Waals surface area contributed by atoms with Crippen molar-refractivity contribution >= 4 is 21.6 Å². The lowest BCUT2D eigenvalue weighted by molar-refractivity contribution is 0.473. The standard InChI is InChI=1S/C9H9NS.C5H8N2O.C2H6/c1-2-9-10-7-5-3-4-6-8(7)11-9;1-3-5-7-6-4(2)8-5;1-2/h3-6H,2H2,1H3;3H2,1-2H3;1-2H3. The first-order valence-corrected chi connectivity index (χ1v) is 8.18. The maximum Gasteiger partial charge on any atom is 0.216 e. The van der Waals surface area contributed by atoms with Crippen molar-refractivity contribution in [2.24, 2.45) is 0 Å². The van der Waals surface area contributed by atoms with E-state index in [9.17, 15) is 0 Å². The number of nitrogens with zero attached hydrogens (tertiary/aromatic N) is 3. The van der Waals surface area contributed by atoms with E-state index in [2.05, 4.69) is 40.3 Å². The van der Waals surface area contributed by atoms with Crippen LogP contribution in [0, 0.1) is 6.92 Å². The predicted octanol–water partition coefficient (Wildman–Crippen LogP) is 4.83. The largest absolute Gasteiger partial charge is 0.426 e. The zero-order chi connectivity index (χ0) is 15.7. The summed E-state index contributed by atoms with van der Waals surface area (Å²) in [7, 11) is 0. The highest BCUT2D eigenvalue weighted by Crippen LogP contribution is 2.21. The van der Waals surface area contributed by atoms with Gasteiger partial charge in [-0.15, -0.1) is 21.5 Å². The van der Waals surface area contributed by atoms with E-state index in [0.717, 1.165) is 18.4 Å². The number of rotatable bonds is 2. The quantitative estimate of drug-likeness (QED) is 0.680. The van der Waals surface area contributed by atoms with Crippen LogP contribution in [0.4, 0.5) is 0 Å². The molecule has 0 N–H and O–H groups in total. The molecule has 0 bridgehead atoms. The molecule has 0 unspecified atom stereocenters. The van der Waals surface area contributed by atoms with Crippen LogP contribution >= 0.6 is 11.3 Å². The SMILES string of the molecule is CC.CCc1nc2ccccc2s1.CCc1nnc(C)o1. The van der Waals surface area contributed by atoms with Crippen LogP contribution < -0.4 is 0 Å². The molecule has 3 rings (SSSR count). The fraction of sp³-hybridized carbons (Fsp3) is 0.438. The molecule has 2 aromatic heterocycles. The summed E-state index contributed by atoms with van der Waals surface area (Å²) in [6.45, 7) is 9.90. The summed E-state index contributed by atoms with van der Waals surface area (Å²) in [5.74, 6) is 1.35. The van der Waals surface area contributed by atoms with Crippen molar-refractivity contribution < 1.29 is 4.42 Å². The molecular weight excluding hydrogens is 282 g/mol. The molecule has 0 aliphatic rings. The van der Waals surface area contributed by atoms with Crippen molar-refractivity contribution in [3.05, 3.63) is 41.1 Å². The van der Waals surface area contributed by atoms with Gasteiger partial charge in [0.05, 0.1) is 15.2 Å². The number of aryl methyl sites for hydroxylation is 3. The summed E-state index contributed by atoms with van der Waals surface area (Å²) in [6, 6.07) is 8.26. The zero-order valence-electron chi connectivity index (χ0n) is 13.4. The molecule has 0 aliphatic heterocycles. The van der Waals surface area contributed by atoms with Crippen molar-refractivity contribution in [3.63, 3.8) is 0 Å². The van der Waals surface area contributed by atoms with Gasteiger partial charge in [0.2, 0.25) is 11.8 Å². The summed E-state index contributed by atoms with van der Waals surface area (Å²) < 4.78 is 6.31. The first-order chi connectivity index (χ1) is 10.2. The fourth-order valence-corrected chi connectivity index (χ4v) is 2.46. The van der Waals surface area contributed by atoms with E-state index in [4.69, 9.17) is 4.42 Å². The summed E-state index contributed by atoms with van der Waals surface area (Å²) >= 11 is 1.79. The summed E-state index contributed by atoms with van der Waals surface area (Å²) in [5.41, 5.74) is 1.13. The topological polar surface area (TPSA) is 51.8 Å². The van der Waals surface area contributed by atoms with Crippen molar-refractivity contribution in [1.82, 2.24) is 15.2 Å². The third-order valence-electron chi connectivity index (χ3n) is 2.51. The molecule has 114 valence electrons. The van der Waals surface area contributed by atoms with Gasteiger partial charge in [0.15, 0.2) is 0 Å². The number of para-hydroxylation sites is 1. The minimum Gasteiger partial charge on any atom is -0.426 e. The third-order valence-corrected chi connectivity index (χ3v) is 3.69. The van der Waals surface area contributed by atoms with E-state index in [1.54, 1.807) is 18.3 Å². The van der Waals surface area contributed by atoms with Gasteiger partial charge in [-0.2, -0.15) is 0 Å². The summed E-state index contributed by atoms with van der Waals surface area (Å²) in [4.78, 5) is 4.45. The Morgan fingerprint density at radius 1 is 1.05 bits per heavy atom. The molecule has 2 heterocycles. The Morgan fingerprint density at radius 2 is 1.76 bits per heavy atom. The minimum absolute atomic E-state index is 0.641. The number of aromatic nitrogens is 3. The number of hydrogen-bond donors (Lipinski definition) is 0. The highest BCUT2D eigenvalue weighted by atomic mass is 32.1. The van der Waals surface area contributed by atoms with Crippen LogP contribution in [-0.2, 0) is 12.8 Å². The molecule has 0 spiro atoms. The van der Waals surface area contributed by atoms with Crippen LogP contribution in [-0.4, -0.2) is 15.2 Å². The Bertz CT molecular complexity index is 613. The molecule has 0 amide bonds. The van der Waals surface area contributed by atoms with Crippen molar-refractivity contribution in [3.8, 4) is 0 Å². The van der Waals surface area contributed by atoms with Gasteiger partial charge < -0.3 is 4.42 Å². The van der Waals surface area contributed by atoms with Crippen molar-refractivity contribution in [2.45, 2.75) is 47.5 Å². The van der Waals surface area contributed by atoms with Gasteiger partial charge >= 0.3 is 0 Å². The number of fused-ring (bicyclic) bond motifs is 1. The van der Waals surface area contributed by atoms with E-state index in [1.807, 2.05) is 26.8 Å². The highest BCUT2D eigenvalue weighted by molar-refractivity contribution is 7.18. The molecule has 0 saturated carbocycles. The number of benzene rings is 1.